The van der Waals surface area contributed by atoms with Crippen LogP contribution in [0.25, 0.3) is 0 Å². The third-order valence-corrected chi connectivity index (χ3v) is 3.96. The number of carbonyl (C=O) groups is 2. The molecule has 0 radical (unpaired) electrons. The van der Waals surface area contributed by atoms with Gasteiger partial charge in [-0.05, 0) is 11.1 Å². The molecule has 1 aromatic carbocycles. The fourth-order valence-electron chi connectivity index (χ4n) is 2.30. The molecule has 0 saturated heterocycles. The molecule has 5 nitrogen and oxygen atoms in total. The highest BCUT2D eigenvalue weighted by atomic mass is 32.1. The van der Waals surface area contributed by atoms with E-state index in [1.165, 1.54) is 4.90 Å². The number of hydrogen-bond donors (Lipinski definition) is 2. The number of hydrogen-bond acceptors (Lipinski definition) is 4. The monoisotopic (exact) mass is 295 g/mol. The van der Waals surface area contributed by atoms with Crippen molar-refractivity contribution in [1.29, 1.82) is 0 Å². The largest absolute Gasteiger partial charge is 0.507 e. The Morgan fingerprint density at radius 2 is 2.10 bits per heavy atom. The van der Waals surface area contributed by atoms with Crippen molar-refractivity contribution in [2.45, 2.75) is 26.1 Å². The topological polar surface area (TPSA) is 66.8 Å². The van der Waals surface area contributed by atoms with E-state index in [0.29, 0.717) is 18.7 Å². The lowest BCUT2D eigenvalue weighted by Gasteiger charge is -2.36. The summed E-state index contributed by atoms with van der Waals surface area (Å²) in [6.45, 7) is 2.14. The Morgan fingerprint density at radius 1 is 1.45 bits per heavy atom. The first-order valence-electron chi connectivity index (χ1n) is 6.40. The summed E-state index contributed by atoms with van der Waals surface area (Å²) in [6.07, 6.45) is -1.75. The second-order valence-electron chi connectivity index (χ2n) is 4.86. The highest BCUT2D eigenvalue weighted by Gasteiger charge is 2.33. The summed E-state index contributed by atoms with van der Waals surface area (Å²) in [5.41, 5.74) is 2.04. The number of benzene rings is 1. The minimum atomic E-state index is -1.37. The van der Waals surface area contributed by atoms with Gasteiger partial charge in [-0.2, -0.15) is 12.6 Å². The molecule has 0 aromatic heterocycles. The number of nitrogens with zero attached hydrogens (tertiary/aromatic N) is 1. The summed E-state index contributed by atoms with van der Waals surface area (Å²) in [7, 11) is 0. The number of rotatable bonds is 3. The van der Waals surface area contributed by atoms with Crippen LogP contribution in [0.3, 0.4) is 0 Å². The van der Waals surface area contributed by atoms with Gasteiger partial charge in [-0.3, -0.25) is 4.79 Å². The van der Waals surface area contributed by atoms with Crippen molar-refractivity contribution in [3.63, 3.8) is 0 Å². The summed E-state index contributed by atoms with van der Waals surface area (Å²) in [5, 5.41) is 8.83. The average molecular weight is 295 g/mol. The number of amides is 1. The van der Waals surface area contributed by atoms with E-state index < -0.39 is 12.4 Å². The Morgan fingerprint density at radius 3 is 2.70 bits per heavy atom. The second-order valence-corrected chi connectivity index (χ2v) is 5.23. The fraction of sp³-hybridized carbons (Fsp3) is 0.429. The Balaban J connectivity index is 2.27. The minimum Gasteiger partial charge on any atom is -0.450 e. The van der Waals surface area contributed by atoms with Crippen molar-refractivity contribution < 1.29 is 19.4 Å². The molecule has 108 valence electrons. The van der Waals surface area contributed by atoms with Crippen LogP contribution in [-0.4, -0.2) is 34.0 Å². The number of ether oxygens (including phenoxy) is 1. The van der Waals surface area contributed by atoms with Crippen LogP contribution in [-0.2, 0) is 22.5 Å². The molecule has 1 amide bonds. The van der Waals surface area contributed by atoms with E-state index in [4.69, 9.17) is 9.84 Å². The van der Waals surface area contributed by atoms with Gasteiger partial charge < -0.3 is 14.7 Å². The van der Waals surface area contributed by atoms with E-state index in [-0.39, 0.29) is 11.8 Å². The minimum absolute atomic E-state index is 0.138. The van der Waals surface area contributed by atoms with Crippen molar-refractivity contribution in [2.24, 2.45) is 5.92 Å². The van der Waals surface area contributed by atoms with E-state index in [2.05, 4.69) is 12.6 Å². The van der Waals surface area contributed by atoms with Gasteiger partial charge in [-0.15, -0.1) is 0 Å². The third-order valence-electron chi connectivity index (χ3n) is 3.42. The van der Waals surface area contributed by atoms with Crippen LogP contribution in [0.1, 0.15) is 18.1 Å². The van der Waals surface area contributed by atoms with Gasteiger partial charge in [0.2, 0.25) is 5.91 Å². The van der Waals surface area contributed by atoms with Crippen LogP contribution >= 0.6 is 12.6 Å². The molecule has 1 aliphatic rings. The summed E-state index contributed by atoms with van der Waals surface area (Å²) in [6, 6.07) is 7.67. The molecule has 1 aromatic rings. The van der Waals surface area contributed by atoms with Crippen LogP contribution in [0.15, 0.2) is 24.3 Å². The summed E-state index contributed by atoms with van der Waals surface area (Å²) >= 11 is 4.12. The predicted octanol–water partition coefficient (Wildman–Crippen LogP) is 2.16. The Labute approximate surface area is 122 Å². The van der Waals surface area contributed by atoms with Crippen LogP contribution in [0.2, 0.25) is 0 Å². The van der Waals surface area contributed by atoms with Gasteiger partial charge in [-0.25, -0.2) is 4.79 Å². The van der Waals surface area contributed by atoms with E-state index in [0.717, 1.165) is 11.1 Å². The van der Waals surface area contributed by atoms with Crippen molar-refractivity contribution in [3.05, 3.63) is 35.4 Å². The summed E-state index contributed by atoms with van der Waals surface area (Å²) in [4.78, 5) is 24.6. The lowest BCUT2D eigenvalue weighted by atomic mass is 9.97. The first-order valence-corrected chi connectivity index (χ1v) is 7.04. The standard InChI is InChI=1S/C14H17NO4S/c1-9(8-20)13(16)15-7-11-5-3-2-4-10(11)6-12(15)19-14(17)18/h2-5,9,12,20H,6-8H2,1H3,(H,17,18). The zero-order valence-corrected chi connectivity index (χ0v) is 12.0. The molecule has 0 fully saturated rings. The molecule has 2 atom stereocenters. The van der Waals surface area contributed by atoms with Crippen LogP contribution < -0.4 is 0 Å². The summed E-state index contributed by atoms with van der Waals surface area (Å²) < 4.78 is 4.87. The maximum absolute atomic E-state index is 12.3. The van der Waals surface area contributed by atoms with Crippen molar-refractivity contribution >= 4 is 24.7 Å². The molecule has 2 unspecified atom stereocenters. The number of carboxylic acid groups (broad SMARTS) is 1. The number of carbonyl (C=O) groups excluding carboxylic acids is 1. The average Bonchev–Trinajstić information content (AvgIpc) is 2.44. The van der Waals surface area contributed by atoms with E-state index >= 15 is 0 Å². The van der Waals surface area contributed by atoms with Crippen molar-refractivity contribution in [1.82, 2.24) is 4.90 Å². The smallest absolute Gasteiger partial charge is 0.450 e. The van der Waals surface area contributed by atoms with E-state index in [1.54, 1.807) is 6.92 Å². The zero-order chi connectivity index (χ0) is 14.7. The zero-order valence-electron chi connectivity index (χ0n) is 11.2. The van der Waals surface area contributed by atoms with Crippen LogP contribution in [0, 0.1) is 5.92 Å². The molecule has 1 aliphatic heterocycles. The van der Waals surface area contributed by atoms with E-state index in [1.807, 2.05) is 24.3 Å². The Kier molecular flexibility index (Phi) is 4.54. The van der Waals surface area contributed by atoms with Gasteiger partial charge in [0.05, 0.1) is 0 Å². The van der Waals surface area contributed by atoms with Crippen LogP contribution in [0.5, 0.6) is 0 Å². The predicted molar refractivity (Wildman–Crippen MR) is 76.6 cm³/mol. The Hall–Kier alpha value is -1.69. The molecule has 0 aliphatic carbocycles. The molecule has 20 heavy (non-hydrogen) atoms. The van der Waals surface area contributed by atoms with E-state index in [9.17, 15) is 9.59 Å². The normalized spacial score (nSPS) is 19.1. The quantitative estimate of drug-likeness (QED) is 0.662. The van der Waals surface area contributed by atoms with Crippen LogP contribution in [0.4, 0.5) is 4.79 Å². The molecule has 6 heteroatoms. The number of thiol groups is 1. The fourth-order valence-corrected chi connectivity index (χ4v) is 2.45. The highest BCUT2D eigenvalue weighted by Crippen LogP contribution is 2.25. The first kappa shape index (κ1) is 14.7. The van der Waals surface area contributed by atoms with Gasteiger partial charge >= 0.3 is 6.16 Å². The molecule has 0 bridgehead atoms. The van der Waals surface area contributed by atoms with Gasteiger partial charge in [0.15, 0.2) is 6.23 Å². The lowest BCUT2D eigenvalue weighted by Crippen LogP contribution is -2.48. The lowest BCUT2D eigenvalue weighted by molar-refractivity contribution is -0.148. The van der Waals surface area contributed by atoms with Gasteiger partial charge in [-0.1, -0.05) is 31.2 Å². The van der Waals surface area contributed by atoms with Crippen molar-refractivity contribution in [3.8, 4) is 0 Å². The highest BCUT2D eigenvalue weighted by molar-refractivity contribution is 7.80. The molecule has 1 heterocycles. The maximum Gasteiger partial charge on any atom is 0.507 e. The van der Waals surface area contributed by atoms with Crippen molar-refractivity contribution in [2.75, 3.05) is 5.75 Å². The third kappa shape index (κ3) is 3.07. The molecule has 2 rings (SSSR count). The maximum atomic E-state index is 12.3. The van der Waals surface area contributed by atoms with Gasteiger partial charge in [0.1, 0.15) is 0 Å². The Bertz CT molecular complexity index is 520. The molecular weight excluding hydrogens is 278 g/mol. The molecule has 1 N–H and O–H groups in total. The SMILES string of the molecule is CC(CS)C(=O)N1Cc2ccccc2CC1OC(=O)O. The molecule has 0 saturated carbocycles. The van der Waals surface area contributed by atoms with Gasteiger partial charge in [0.25, 0.3) is 0 Å². The molecule has 0 spiro atoms. The summed E-state index contributed by atoms with van der Waals surface area (Å²) in [5.74, 6) is 0.000726. The molecular formula is C14H17NO4S. The number of fused-ring (bicyclic) bond motifs is 1. The first-order chi connectivity index (χ1) is 9.52. The second kappa shape index (κ2) is 6.17. The van der Waals surface area contributed by atoms with Gasteiger partial charge in [0, 0.05) is 24.6 Å².